The molecule has 0 fully saturated rings. The average Bonchev–Trinajstić information content (AvgIpc) is 3.24. The number of esters is 2. The molecule has 0 aromatic heterocycles. The molecule has 62 heavy (non-hydrogen) atoms. The van der Waals surface area contributed by atoms with Crippen molar-refractivity contribution >= 4 is 27.6 Å². The van der Waals surface area contributed by atoms with Gasteiger partial charge in [0.05, 0.1) is 26.4 Å². The standard InChI is InChI=1S/C45H86O15P2/c1-3-5-7-9-11-13-15-17-18-19-20-22-24-26-28-30-32-34-45(50)56-36-42(47)38-58-62(53,54)60-40-43(48)39-59-61(51,52)57-37-41(46)35-55-44(49)33-31-29-27-25-23-21-16-14-12-10-8-6-4-2/h17-18,21,23,41-43,46-48H,3-16,19-20,22,24-40H2,1-2H3,(H,51,52)(H,53,54)/b18-17+,23-21-. The summed E-state index contributed by atoms with van der Waals surface area (Å²) in [6.45, 7) is 0.394. The number of aliphatic hydroxyl groups is 3. The van der Waals surface area contributed by atoms with Gasteiger partial charge in [-0.3, -0.25) is 27.7 Å². The molecule has 0 amide bonds. The Morgan fingerprint density at radius 2 is 0.645 bits per heavy atom. The number of phosphoric ester groups is 2. The number of phosphoric acid groups is 2. The maximum Gasteiger partial charge on any atom is 0.472 e. The van der Waals surface area contributed by atoms with Crippen molar-refractivity contribution in [2.75, 3.05) is 39.6 Å². The van der Waals surface area contributed by atoms with Crippen LogP contribution in [0.15, 0.2) is 24.3 Å². The van der Waals surface area contributed by atoms with E-state index >= 15 is 0 Å². The monoisotopic (exact) mass is 929 g/mol. The Labute approximate surface area is 373 Å². The SMILES string of the molecule is CCCCCCCC/C=C\CCCCCC(=O)OCC(O)COP(=O)(O)OCC(O)COP(=O)(O)OCC(O)COC(=O)CCCCCCCCC/C=C/CCCCCCCC. The van der Waals surface area contributed by atoms with Gasteiger partial charge in [0.25, 0.3) is 0 Å². The zero-order valence-electron chi connectivity index (χ0n) is 38.3. The fourth-order valence-electron chi connectivity index (χ4n) is 6.14. The van der Waals surface area contributed by atoms with Gasteiger partial charge in [-0.1, -0.05) is 141 Å². The van der Waals surface area contributed by atoms with E-state index in [0.29, 0.717) is 12.8 Å². The lowest BCUT2D eigenvalue weighted by Gasteiger charge is -2.19. The van der Waals surface area contributed by atoms with Crippen molar-refractivity contribution in [3.05, 3.63) is 24.3 Å². The summed E-state index contributed by atoms with van der Waals surface area (Å²) in [6.07, 6.45) is 34.6. The number of carbonyl (C=O) groups excluding carboxylic acids is 2. The van der Waals surface area contributed by atoms with Gasteiger partial charge < -0.3 is 34.6 Å². The molecule has 0 saturated carbocycles. The number of allylic oxidation sites excluding steroid dienone is 4. The third kappa shape index (κ3) is 43.8. The van der Waals surface area contributed by atoms with Crippen LogP contribution in [0.25, 0.3) is 0 Å². The minimum absolute atomic E-state index is 0.178. The van der Waals surface area contributed by atoms with Crippen LogP contribution in [0.2, 0.25) is 0 Å². The zero-order valence-corrected chi connectivity index (χ0v) is 40.1. The van der Waals surface area contributed by atoms with E-state index in [0.717, 1.165) is 51.4 Å². The molecule has 0 aliphatic carbocycles. The van der Waals surface area contributed by atoms with E-state index in [4.69, 9.17) is 9.47 Å². The molecule has 5 N–H and O–H groups in total. The van der Waals surface area contributed by atoms with Crippen LogP contribution in [0.3, 0.4) is 0 Å². The lowest BCUT2D eigenvalue weighted by molar-refractivity contribution is -0.148. The normalized spacial score (nSPS) is 15.4. The first-order valence-electron chi connectivity index (χ1n) is 23.7. The van der Waals surface area contributed by atoms with Crippen molar-refractivity contribution in [2.24, 2.45) is 0 Å². The molecule has 0 radical (unpaired) electrons. The van der Waals surface area contributed by atoms with Crippen molar-refractivity contribution in [3.63, 3.8) is 0 Å². The molecule has 5 unspecified atom stereocenters. The van der Waals surface area contributed by atoms with E-state index in [-0.39, 0.29) is 12.8 Å². The van der Waals surface area contributed by atoms with Gasteiger partial charge in [-0.05, 0) is 64.2 Å². The Morgan fingerprint density at radius 3 is 0.952 bits per heavy atom. The van der Waals surface area contributed by atoms with Crippen LogP contribution in [0.1, 0.15) is 194 Å². The number of hydrogen-bond acceptors (Lipinski definition) is 13. The van der Waals surface area contributed by atoms with Gasteiger partial charge in [0.15, 0.2) is 0 Å². The number of hydrogen-bond donors (Lipinski definition) is 5. The molecule has 0 heterocycles. The molecule has 5 atom stereocenters. The Kier molecular flexibility index (Phi) is 41.2. The maximum absolute atomic E-state index is 12.1. The Hall–Kier alpha value is -1.48. The van der Waals surface area contributed by atoms with Crippen molar-refractivity contribution in [1.82, 2.24) is 0 Å². The van der Waals surface area contributed by atoms with Crippen LogP contribution in [-0.2, 0) is 46.3 Å². The summed E-state index contributed by atoms with van der Waals surface area (Å²) >= 11 is 0. The second kappa shape index (κ2) is 42.2. The van der Waals surface area contributed by atoms with E-state index in [1.165, 1.54) is 103 Å². The fourth-order valence-corrected chi connectivity index (χ4v) is 7.73. The quantitative estimate of drug-likeness (QED) is 0.0166. The minimum atomic E-state index is -4.78. The van der Waals surface area contributed by atoms with Gasteiger partial charge in [0.1, 0.15) is 31.5 Å². The lowest BCUT2D eigenvalue weighted by atomic mass is 10.1. The second-order valence-corrected chi connectivity index (χ2v) is 19.0. The number of carbonyl (C=O) groups is 2. The number of unbranched alkanes of at least 4 members (excludes halogenated alkanes) is 22. The number of aliphatic hydroxyl groups excluding tert-OH is 3. The lowest BCUT2D eigenvalue weighted by Crippen LogP contribution is -2.25. The number of ether oxygens (including phenoxy) is 2. The maximum atomic E-state index is 12.1. The van der Waals surface area contributed by atoms with Gasteiger partial charge in [-0.15, -0.1) is 0 Å². The topological polar surface area (TPSA) is 225 Å². The summed E-state index contributed by atoms with van der Waals surface area (Å²) in [6, 6.07) is 0. The van der Waals surface area contributed by atoms with E-state index in [9.17, 15) is 43.8 Å². The smallest absolute Gasteiger partial charge is 0.463 e. The van der Waals surface area contributed by atoms with E-state index < -0.39 is 85.5 Å². The molecule has 0 aliphatic heterocycles. The van der Waals surface area contributed by atoms with Crippen LogP contribution in [-0.4, -0.2) is 95.0 Å². The molecule has 0 bridgehead atoms. The van der Waals surface area contributed by atoms with Crippen LogP contribution in [0.4, 0.5) is 0 Å². The molecule has 0 saturated heterocycles. The van der Waals surface area contributed by atoms with Crippen molar-refractivity contribution in [2.45, 2.75) is 212 Å². The van der Waals surface area contributed by atoms with Gasteiger partial charge in [0, 0.05) is 12.8 Å². The first kappa shape index (κ1) is 60.5. The largest absolute Gasteiger partial charge is 0.472 e. The minimum Gasteiger partial charge on any atom is -0.463 e. The Morgan fingerprint density at radius 1 is 0.403 bits per heavy atom. The summed E-state index contributed by atoms with van der Waals surface area (Å²) in [7, 11) is -9.57. The third-order valence-corrected chi connectivity index (χ3v) is 11.8. The van der Waals surface area contributed by atoms with Crippen molar-refractivity contribution in [3.8, 4) is 0 Å². The van der Waals surface area contributed by atoms with Crippen molar-refractivity contribution in [1.29, 1.82) is 0 Å². The van der Waals surface area contributed by atoms with Gasteiger partial charge in [0.2, 0.25) is 0 Å². The van der Waals surface area contributed by atoms with Crippen LogP contribution in [0.5, 0.6) is 0 Å². The highest BCUT2D eigenvalue weighted by atomic mass is 31.2. The molecule has 0 aromatic carbocycles. The molecular formula is C45H86O15P2. The molecule has 15 nitrogen and oxygen atoms in total. The van der Waals surface area contributed by atoms with E-state index in [1.54, 1.807) is 0 Å². The van der Waals surface area contributed by atoms with Gasteiger partial charge in [-0.2, -0.15) is 0 Å². The van der Waals surface area contributed by atoms with E-state index in [1.807, 2.05) is 0 Å². The predicted octanol–water partition coefficient (Wildman–Crippen LogP) is 10.5. The van der Waals surface area contributed by atoms with Crippen molar-refractivity contribution < 1.29 is 71.4 Å². The summed E-state index contributed by atoms with van der Waals surface area (Å²) in [5.41, 5.74) is 0. The molecule has 366 valence electrons. The average molecular weight is 929 g/mol. The van der Waals surface area contributed by atoms with E-state index in [2.05, 4.69) is 56.2 Å². The summed E-state index contributed by atoms with van der Waals surface area (Å²) in [4.78, 5) is 43.7. The number of rotatable bonds is 46. The van der Waals surface area contributed by atoms with Gasteiger partial charge in [-0.25, -0.2) is 9.13 Å². The Balaban J connectivity index is 3.90. The molecule has 17 heteroatoms. The predicted molar refractivity (Wildman–Crippen MR) is 242 cm³/mol. The Bertz CT molecular complexity index is 1220. The molecular weight excluding hydrogens is 842 g/mol. The molecule has 0 aromatic rings. The highest BCUT2D eigenvalue weighted by molar-refractivity contribution is 7.47. The first-order chi connectivity index (χ1) is 29.8. The second-order valence-electron chi connectivity index (χ2n) is 16.1. The third-order valence-electron chi connectivity index (χ3n) is 9.88. The fraction of sp³-hybridized carbons (Fsp3) is 0.867. The zero-order chi connectivity index (χ0) is 46.0. The van der Waals surface area contributed by atoms with Crippen LogP contribution >= 0.6 is 15.6 Å². The molecule has 0 spiro atoms. The summed E-state index contributed by atoms with van der Waals surface area (Å²) in [5.74, 6) is -1.01. The van der Waals surface area contributed by atoms with Crippen LogP contribution in [0, 0.1) is 0 Å². The summed E-state index contributed by atoms with van der Waals surface area (Å²) < 4.78 is 52.9. The van der Waals surface area contributed by atoms with Gasteiger partial charge >= 0.3 is 27.6 Å². The highest BCUT2D eigenvalue weighted by Crippen LogP contribution is 2.45. The summed E-state index contributed by atoms with van der Waals surface area (Å²) in [5, 5.41) is 30.0. The molecule has 0 aliphatic rings. The van der Waals surface area contributed by atoms with Crippen LogP contribution < -0.4 is 0 Å². The molecule has 0 rings (SSSR count). The highest BCUT2D eigenvalue weighted by Gasteiger charge is 2.28. The first-order valence-corrected chi connectivity index (χ1v) is 26.7.